The molecule has 1 aromatic carbocycles. The van der Waals surface area contributed by atoms with Gasteiger partial charge in [-0.15, -0.1) is 0 Å². The fourth-order valence-electron chi connectivity index (χ4n) is 4.59. The first-order valence-corrected chi connectivity index (χ1v) is 10.6. The van der Waals surface area contributed by atoms with Gasteiger partial charge in [-0.2, -0.15) is 0 Å². The summed E-state index contributed by atoms with van der Waals surface area (Å²) in [4.78, 5) is 55.6. The normalized spacial score (nSPS) is 23.4. The second kappa shape index (κ2) is 6.98. The lowest BCUT2D eigenvalue weighted by Crippen LogP contribution is -2.45. The molecule has 0 bridgehead atoms. The summed E-state index contributed by atoms with van der Waals surface area (Å²) in [6.07, 6.45) is 2.29. The number of H-pyrrole nitrogens is 2. The van der Waals surface area contributed by atoms with Crippen LogP contribution in [0.15, 0.2) is 27.8 Å². The lowest BCUT2D eigenvalue weighted by Gasteiger charge is -2.32. The first kappa shape index (κ1) is 20.3. The molecule has 1 unspecified atom stereocenters. The maximum atomic E-state index is 13.2. The molecule has 0 radical (unpaired) electrons. The molecule has 10 nitrogen and oxygen atoms in total. The molecule has 1 spiro atoms. The Labute approximate surface area is 182 Å². The molecule has 3 aliphatic rings. The van der Waals surface area contributed by atoms with E-state index in [0.717, 1.165) is 0 Å². The third-order valence-corrected chi connectivity index (χ3v) is 6.39. The van der Waals surface area contributed by atoms with Gasteiger partial charge < -0.3 is 19.7 Å². The van der Waals surface area contributed by atoms with E-state index in [2.05, 4.69) is 15.3 Å². The van der Waals surface area contributed by atoms with Crippen molar-refractivity contribution in [1.82, 2.24) is 14.9 Å². The van der Waals surface area contributed by atoms with Gasteiger partial charge in [-0.1, -0.05) is 0 Å². The number of anilines is 1. The monoisotopic (exact) mass is 440 g/mol. The second-order valence-corrected chi connectivity index (χ2v) is 9.10. The Morgan fingerprint density at radius 2 is 1.88 bits per heavy atom. The highest BCUT2D eigenvalue weighted by Gasteiger charge is 2.43. The highest BCUT2D eigenvalue weighted by molar-refractivity contribution is 6.02. The van der Waals surface area contributed by atoms with Crippen molar-refractivity contribution in [2.45, 2.75) is 50.7 Å². The second-order valence-electron chi connectivity index (χ2n) is 9.10. The van der Waals surface area contributed by atoms with Crippen LogP contribution in [-0.2, 0) is 11.2 Å². The van der Waals surface area contributed by atoms with Crippen LogP contribution in [-0.4, -0.2) is 51.0 Å². The zero-order valence-electron chi connectivity index (χ0n) is 17.9. The number of carbonyl (C=O) groups is 2. The predicted octanol–water partition coefficient (Wildman–Crippen LogP) is 1.17. The van der Waals surface area contributed by atoms with E-state index in [9.17, 15) is 19.2 Å². The van der Waals surface area contributed by atoms with Crippen molar-refractivity contribution in [2.24, 2.45) is 0 Å². The number of aromatic nitrogens is 2. The number of hydrogen-bond donors (Lipinski definition) is 3. The van der Waals surface area contributed by atoms with E-state index in [1.807, 2.05) is 0 Å². The van der Waals surface area contributed by atoms with Crippen molar-refractivity contribution < 1.29 is 19.1 Å². The van der Waals surface area contributed by atoms with Crippen LogP contribution >= 0.6 is 0 Å². The molecule has 32 heavy (non-hydrogen) atoms. The number of nitrogens with zero attached hydrogens (tertiary/aromatic N) is 1. The summed E-state index contributed by atoms with van der Waals surface area (Å²) in [6, 6.07) is 5.03. The summed E-state index contributed by atoms with van der Waals surface area (Å²) >= 11 is 0. The molecule has 5 rings (SSSR count). The quantitative estimate of drug-likeness (QED) is 0.610. The van der Waals surface area contributed by atoms with Crippen LogP contribution in [0.4, 0.5) is 5.69 Å². The average molecular weight is 440 g/mol. The molecule has 1 saturated heterocycles. The lowest BCUT2D eigenvalue weighted by molar-refractivity contribution is -0.129. The van der Waals surface area contributed by atoms with Crippen molar-refractivity contribution in [2.75, 3.05) is 18.4 Å². The van der Waals surface area contributed by atoms with Crippen LogP contribution in [0.2, 0.25) is 0 Å². The number of aromatic amines is 2. The third kappa shape index (κ3) is 3.35. The molecular weight excluding hydrogens is 416 g/mol. The molecule has 10 heteroatoms. The number of carbonyl (C=O) groups excluding carboxylic acids is 2. The average Bonchev–Trinajstić information content (AvgIpc) is 2.96. The smallest absolute Gasteiger partial charge is 0.328 e. The number of rotatable bonds is 1. The minimum atomic E-state index is -0.970. The van der Waals surface area contributed by atoms with Crippen LogP contribution in [0, 0.1) is 0 Å². The first-order chi connectivity index (χ1) is 15.2. The van der Waals surface area contributed by atoms with E-state index in [-0.39, 0.29) is 17.7 Å². The summed E-state index contributed by atoms with van der Waals surface area (Å²) in [7, 11) is 0. The summed E-state index contributed by atoms with van der Waals surface area (Å²) in [5.41, 5.74) is -1.23. The van der Waals surface area contributed by atoms with Gasteiger partial charge >= 0.3 is 5.69 Å². The molecule has 0 aliphatic carbocycles. The van der Waals surface area contributed by atoms with E-state index in [1.165, 1.54) is 0 Å². The van der Waals surface area contributed by atoms with Crippen molar-refractivity contribution in [3.63, 3.8) is 0 Å². The summed E-state index contributed by atoms with van der Waals surface area (Å²) in [5.74, 6) is 0.340. The zero-order valence-corrected chi connectivity index (χ0v) is 17.9. The van der Waals surface area contributed by atoms with Gasteiger partial charge in [0.05, 0.1) is 11.3 Å². The molecule has 1 atom stereocenters. The minimum absolute atomic E-state index is 0.148. The van der Waals surface area contributed by atoms with Gasteiger partial charge in [0.15, 0.2) is 5.60 Å². The van der Waals surface area contributed by atoms with Gasteiger partial charge in [0.2, 0.25) is 5.88 Å². The maximum Gasteiger partial charge on any atom is 0.328 e. The highest BCUT2D eigenvalue weighted by atomic mass is 16.5. The van der Waals surface area contributed by atoms with Gasteiger partial charge in [0, 0.05) is 31.5 Å². The Morgan fingerprint density at radius 3 is 2.69 bits per heavy atom. The first-order valence-electron chi connectivity index (χ1n) is 10.6. The molecule has 0 saturated carbocycles. The number of hydrogen-bond acceptors (Lipinski definition) is 6. The molecule has 168 valence electrons. The standard InChI is InChI=1S/C22H24N4O6/c1-21(2)19(29)23-14-10-12(4-5-15(14)31-21)18(28)26-8-3-6-22(7-9-26)11-13-16(27)24-20(30)25-17(13)32-22/h4-5,10H,3,6-9,11H2,1-2H3,(H,23,29)(H2,24,25,27,30). The number of benzene rings is 1. The Bertz CT molecular complexity index is 1250. The van der Waals surface area contributed by atoms with Crippen molar-refractivity contribution >= 4 is 17.5 Å². The summed E-state index contributed by atoms with van der Waals surface area (Å²) < 4.78 is 11.8. The fraction of sp³-hybridized carbons (Fsp3) is 0.455. The Morgan fingerprint density at radius 1 is 1.06 bits per heavy atom. The molecule has 1 fully saturated rings. The number of likely N-dealkylation sites (tertiary alicyclic amines) is 1. The topological polar surface area (TPSA) is 134 Å². The maximum absolute atomic E-state index is 13.2. The number of ether oxygens (including phenoxy) is 2. The fourth-order valence-corrected chi connectivity index (χ4v) is 4.59. The van der Waals surface area contributed by atoms with Crippen molar-refractivity contribution in [1.29, 1.82) is 0 Å². The number of fused-ring (bicyclic) bond motifs is 2. The molecular formula is C22H24N4O6. The lowest BCUT2D eigenvalue weighted by atomic mass is 9.90. The predicted molar refractivity (Wildman–Crippen MR) is 114 cm³/mol. The Balaban J connectivity index is 1.33. The minimum Gasteiger partial charge on any atom is -0.476 e. The Hall–Kier alpha value is -3.56. The molecule has 3 N–H and O–H groups in total. The van der Waals surface area contributed by atoms with Crippen molar-refractivity contribution in [3.05, 3.63) is 50.2 Å². The van der Waals surface area contributed by atoms with Crippen LogP contribution < -0.4 is 26.0 Å². The summed E-state index contributed by atoms with van der Waals surface area (Å²) in [5, 5.41) is 2.80. The number of amides is 2. The van der Waals surface area contributed by atoms with Gasteiger partial charge in [-0.3, -0.25) is 24.4 Å². The van der Waals surface area contributed by atoms with Crippen LogP contribution in [0.25, 0.3) is 0 Å². The van der Waals surface area contributed by atoms with E-state index in [4.69, 9.17) is 9.47 Å². The van der Waals surface area contributed by atoms with Crippen LogP contribution in [0.3, 0.4) is 0 Å². The van der Waals surface area contributed by atoms with E-state index >= 15 is 0 Å². The van der Waals surface area contributed by atoms with Crippen LogP contribution in [0.5, 0.6) is 11.6 Å². The summed E-state index contributed by atoms with van der Waals surface area (Å²) in [6.45, 7) is 4.36. The third-order valence-electron chi connectivity index (χ3n) is 6.39. The molecule has 4 heterocycles. The van der Waals surface area contributed by atoms with Gasteiger partial charge in [0.25, 0.3) is 17.4 Å². The van der Waals surface area contributed by atoms with Gasteiger partial charge in [0.1, 0.15) is 11.4 Å². The van der Waals surface area contributed by atoms with E-state index in [1.54, 1.807) is 36.9 Å². The molecule has 3 aliphatic heterocycles. The molecule has 1 aromatic heterocycles. The van der Waals surface area contributed by atoms with Crippen molar-refractivity contribution in [3.8, 4) is 11.6 Å². The highest BCUT2D eigenvalue weighted by Crippen LogP contribution is 2.38. The SMILES string of the molecule is CC1(C)Oc2ccc(C(=O)N3CCCC4(CC3)Cc3c([nH]c(=O)[nH]c3=O)O4)cc2NC1=O. The molecule has 2 amide bonds. The molecule has 2 aromatic rings. The number of nitrogens with one attached hydrogen (secondary N) is 3. The van der Waals surface area contributed by atoms with Gasteiger partial charge in [-0.05, 0) is 44.9 Å². The zero-order chi connectivity index (χ0) is 22.7. The van der Waals surface area contributed by atoms with Gasteiger partial charge in [-0.25, -0.2) is 4.79 Å². The Kier molecular flexibility index (Phi) is 4.44. The largest absolute Gasteiger partial charge is 0.476 e. The van der Waals surface area contributed by atoms with E-state index in [0.29, 0.717) is 61.3 Å². The van der Waals surface area contributed by atoms with Crippen LogP contribution in [0.1, 0.15) is 49.0 Å². The van der Waals surface area contributed by atoms with E-state index < -0.39 is 22.5 Å².